The van der Waals surface area contributed by atoms with Gasteiger partial charge in [0.05, 0.1) is 26.5 Å². The fourth-order valence-electron chi connectivity index (χ4n) is 3.40. The van der Waals surface area contributed by atoms with E-state index in [1.54, 1.807) is 36.2 Å². The number of nitrogen functional groups attached to an aromatic ring is 2. The third kappa shape index (κ3) is 6.34. The smallest absolute Gasteiger partial charge is 0.328 e. The second-order valence-corrected chi connectivity index (χ2v) is 7.84. The van der Waals surface area contributed by atoms with Crippen molar-refractivity contribution in [1.29, 1.82) is 5.26 Å². The summed E-state index contributed by atoms with van der Waals surface area (Å²) in [4.78, 5) is 54.4. The Morgan fingerprint density at radius 3 is 2.41 bits per heavy atom. The topological polar surface area (TPSA) is 212 Å². The molecule has 3 rings (SSSR count). The van der Waals surface area contributed by atoms with E-state index < -0.39 is 23.9 Å². The molecule has 0 radical (unpaired) electrons. The number of ether oxygens (including phenoxy) is 2. The van der Waals surface area contributed by atoms with Crippen molar-refractivity contribution in [2.75, 3.05) is 37.6 Å². The van der Waals surface area contributed by atoms with E-state index in [-0.39, 0.29) is 53.6 Å². The van der Waals surface area contributed by atoms with Gasteiger partial charge >= 0.3 is 11.9 Å². The van der Waals surface area contributed by atoms with Crippen molar-refractivity contribution >= 4 is 46.5 Å². The minimum Gasteiger partial charge on any atom is -0.469 e. The summed E-state index contributed by atoms with van der Waals surface area (Å²) in [6.45, 7) is 0.194. The van der Waals surface area contributed by atoms with Crippen LogP contribution in [0.1, 0.15) is 34.6 Å². The number of benzene rings is 1. The lowest BCUT2D eigenvalue weighted by Gasteiger charge is -2.20. The van der Waals surface area contributed by atoms with Gasteiger partial charge in [0.2, 0.25) is 5.95 Å². The van der Waals surface area contributed by atoms with Gasteiger partial charge in [-0.2, -0.15) is 15.2 Å². The third-order valence-electron chi connectivity index (χ3n) is 5.37. The molecule has 0 bridgehead atoms. The maximum Gasteiger partial charge on any atom is 0.328 e. The van der Waals surface area contributed by atoms with Crippen molar-refractivity contribution in [3.05, 3.63) is 41.2 Å². The number of hydrogen-bond donors (Lipinski definition) is 3. The molecule has 14 nitrogen and oxygen atoms in total. The second kappa shape index (κ2) is 11.6. The lowest BCUT2D eigenvalue weighted by atomic mass is 10.1. The van der Waals surface area contributed by atoms with Crippen molar-refractivity contribution in [3.63, 3.8) is 0 Å². The summed E-state index contributed by atoms with van der Waals surface area (Å²) in [6.07, 6.45) is -0.0319. The van der Waals surface area contributed by atoms with E-state index in [0.29, 0.717) is 11.4 Å². The lowest BCUT2D eigenvalue weighted by Crippen LogP contribution is -2.41. The van der Waals surface area contributed by atoms with Gasteiger partial charge in [0.1, 0.15) is 12.1 Å². The molecule has 0 aliphatic rings. The Hall–Kier alpha value is -5.06. The van der Waals surface area contributed by atoms with E-state index in [4.69, 9.17) is 16.2 Å². The van der Waals surface area contributed by atoms with Crippen molar-refractivity contribution in [3.8, 4) is 6.07 Å². The van der Waals surface area contributed by atoms with E-state index in [0.717, 1.165) is 0 Å². The predicted molar refractivity (Wildman–Crippen MR) is 132 cm³/mol. The summed E-state index contributed by atoms with van der Waals surface area (Å²) in [6, 6.07) is 7.51. The molecule has 0 saturated heterocycles. The summed E-state index contributed by atoms with van der Waals surface area (Å²) in [5.41, 5.74) is 13.2. The quantitative estimate of drug-likeness (QED) is 0.333. The van der Waals surface area contributed by atoms with E-state index in [2.05, 4.69) is 30.0 Å². The van der Waals surface area contributed by atoms with Crippen LogP contribution in [0.3, 0.4) is 0 Å². The number of aromatic nitrogens is 4. The zero-order valence-corrected chi connectivity index (χ0v) is 20.4. The molecule has 5 N–H and O–H groups in total. The second-order valence-electron chi connectivity index (χ2n) is 7.84. The highest BCUT2D eigenvalue weighted by Crippen LogP contribution is 2.21. The zero-order chi connectivity index (χ0) is 27.1. The number of nitrogens with one attached hydrogen (secondary N) is 1. The number of rotatable bonds is 9. The van der Waals surface area contributed by atoms with Crippen LogP contribution in [0.25, 0.3) is 11.2 Å². The number of nitrogens with zero attached hydrogens (tertiary/aromatic N) is 6. The van der Waals surface area contributed by atoms with Gasteiger partial charge in [-0.25, -0.2) is 14.8 Å². The van der Waals surface area contributed by atoms with Gasteiger partial charge in [0, 0.05) is 24.7 Å². The van der Waals surface area contributed by atoms with Crippen molar-refractivity contribution in [2.45, 2.75) is 25.4 Å². The molecule has 192 valence electrons. The van der Waals surface area contributed by atoms with Gasteiger partial charge < -0.3 is 31.2 Å². The van der Waals surface area contributed by atoms with E-state index >= 15 is 0 Å². The van der Waals surface area contributed by atoms with Crippen LogP contribution in [-0.4, -0.2) is 65.1 Å². The molecule has 0 aliphatic heterocycles. The van der Waals surface area contributed by atoms with Gasteiger partial charge in [-0.05, 0) is 30.7 Å². The van der Waals surface area contributed by atoms with Crippen LogP contribution in [-0.2, 0) is 25.6 Å². The van der Waals surface area contributed by atoms with Crippen LogP contribution in [0, 0.1) is 11.3 Å². The number of hydrogen-bond acceptors (Lipinski definition) is 13. The SMILES string of the molecule is COC(=O)CCC(NC(=O)c1ccc(N(C)Cc2nc3c(N)nc(N)nc3nc2C#N)cc1)C(=O)OC. The molecule has 0 aliphatic carbocycles. The van der Waals surface area contributed by atoms with Crippen LogP contribution in [0.15, 0.2) is 24.3 Å². The number of nitrogens with two attached hydrogens (primary N) is 2. The predicted octanol–water partition coefficient (Wildman–Crippen LogP) is 0.317. The number of fused-ring (bicyclic) bond motifs is 1. The Balaban J connectivity index is 1.74. The number of amides is 1. The first-order chi connectivity index (χ1) is 17.7. The summed E-state index contributed by atoms with van der Waals surface area (Å²) in [5.74, 6) is -1.72. The van der Waals surface area contributed by atoms with Gasteiger partial charge in [-0.3, -0.25) is 9.59 Å². The van der Waals surface area contributed by atoms with Crippen molar-refractivity contribution in [1.82, 2.24) is 25.3 Å². The first-order valence-corrected chi connectivity index (χ1v) is 10.9. The molecule has 14 heteroatoms. The molecule has 1 atom stereocenters. The third-order valence-corrected chi connectivity index (χ3v) is 5.37. The summed E-state index contributed by atoms with van der Waals surface area (Å²) >= 11 is 0. The fourth-order valence-corrected chi connectivity index (χ4v) is 3.40. The van der Waals surface area contributed by atoms with Gasteiger partial charge in [-0.1, -0.05) is 0 Å². The summed E-state index contributed by atoms with van der Waals surface area (Å²) in [7, 11) is 4.20. The van der Waals surface area contributed by atoms with Crippen LogP contribution < -0.4 is 21.7 Å². The average molecular weight is 508 g/mol. The Morgan fingerprint density at radius 2 is 1.78 bits per heavy atom. The number of carbonyl (C=O) groups excluding carboxylic acids is 3. The molecule has 0 spiro atoms. The number of esters is 2. The van der Waals surface area contributed by atoms with Crippen molar-refractivity contribution < 1.29 is 23.9 Å². The molecular weight excluding hydrogens is 482 g/mol. The number of nitriles is 1. The molecule has 1 unspecified atom stereocenters. The Kier molecular flexibility index (Phi) is 8.31. The monoisotopic (exact) mass is 507 g/mol. The highest BCUT2D eigenvalue weighted by molar-refractivity contribution is 5.97. The van der Waals surface area contributed by atoms with Gasteiger partial charge in [0.15, 0.2) is 22.7 Å². The average Bonchev–Trinajstić information content (AvgIpc) is 2.90. The minimum atomic E-state index is -1.01. The normalized spacial score (nSPS) is 11.3. The molecule has 37 heavy (non-hydrogen) atoms. The van der Waals surface area contributed by atoms with E-state index in [1.165, 1.54) is 14.2 Å². The van der Waals surface area contributed by atoms with E-state index in [1.807, 2.05) is 6.07 Å². The summed E-state index contributed by atoms with van der Waals surface area (Å²) < 4.78 is 9.29. The molecule has 0 fully saturated rings. The van der Waals surface area contributed by atoms with E-state index in [9.17, 15) is 19.6 Å². The van der Waals surface area contributed by atoms with Crippen LogP contribution >= 0.6 is 0 Å². The molecule has 1 amide bonds. The Bertz CT molecular complexity index is 1370. The number of carbonyl (C=O) groups is 3. The Morgan fingerprint density at radius 1 is 1.08 bits per heavy atom. The lowest BCUT2D eigenvalue weighted by molar-refractivity contribution is -0.144. The van der Waals surface area contributed by atoms with Crippen LogP contribution in [0.2, 0.25) is 0 Å². The standard InChI is InChI=1S/C23H25N9O5/c1-32(11-16-15(10-24)28-20-18(27-16)19(25)30-23(26)31-20)13-6-4-12(5-7-13)21(34)29-14(22(35)37-3)8-9-17(33)36-2/h4-7,14H,8-9,11H2,1-3H3,(H,29,34)(H4,25,26,28,30,31). The Labute approximate surface area is 211 Å². The highest BCUT2D eigenvalue weighted by Gasteiger charge is 2.23. The minimum absolute atomic E-state index is 0.0298. The molecule has 2 aromatic heterocycles. The molecule has 3 aromatic rings. The molecule has 1 aromatic carbocycles. The van der Waals surface area contributed by atoms with Gasteiger partial charge in [-0.15, -0.1) is 0 Å². The van der Waals surface area contributed by atoms with Crippen LogP contribution in [0.4, 0.5) is 17.5 Å². The molecule has 2 heterocycles. The summed E-state index contributed by atoms with van der Waals surface area (Å²) in [5, 5.41) is 12.1. The fraction of sp³-hybridized carbons (Fsp3) is 0.304. The maximum atomic E-state index is 12.7. The molecule has 0 saturated carbocycles. The first kappa shape index (κ1) is 26.5. The maximum absolute atomic E-state index is 12.7. The zero-order valence-electron chi connectivity index (χ0n) is 20.4. The first-order valence-electron chi connectivity index (χ1n) is 10.9. The van der Waals surface area contributed by atoms with Gasteiger partial charge in [0.25, 0.3) is 5.91 Å². The largest absolute Gasteiger partial charge is 0.469 e. The van der Waals surface area contributed by atoms with Crippen LogP contribution in [0.5, 0.6) is 0 Å². The molecular formula is C23H25N9O5. The van der Waals surface area contributed by atoms with Crippen molar-refractivity contribution in [2.24, 2.45) is 0 Å². The number of methoxy groups -OCH3 is 2. The highest BCUT2D eigenvalue weighted by atomic mass is 16.5. The number of anilines is 3.